The van der Waals surface area contributed by atoms with Crippen LogP contribution in [0, 0.1) is 6.92 Å². The van der Waals surface area contributed by atoms with Crippen LogP contribution in [0.5, 0.6) is 0 Å². The highest BCUT2D eigenvalue weighted by Crippen LogP contribution is 2.31. The number of carbonyl (C=O) groups is 4. The van der Waals surface area contributed by atoms with Crippen LogP contribution in [0.3, 0.4) is 0 Å². The maximum Gasteiger partial charge on any atom is 0.306 e. The minimum Gasteiger partial charge on any atom is -0.456 e. The van der Waals surface area contributed by atoms with Crippen molar-refractivity contribution >= 4 is 46.3 Å². The van der Waals surface area contributed by atoms with Crippen molar-refractivity contribution < 1.29 is 23.9 Å². The van der Waals surface area contributed by atoms with Gasteiger partial charge < -0.3 is 15.0 Å². The number of nitrogens with zero attached hydrogens (tertiary/aromatic N) is 1. The number of anilines is 2. The zero-order chi connectivity index (χ0) is 21.0. The summed E-state index contributed by atoms with van der Waals surface area (Å²) in [6, 6.07) is 10.2. The summed E-state index contributed by atoms with van der Waals surface area (Å²) in [7, 11) is 0. The molecule has 3 rings (SSSR count). The van der Waals surface area contributed by atoms with Gasteiger partial charge in [0.05, 0.1) is 22.7 Å². The van der Waals surface area contributed by atoms with Gasteiger partial charge in [-0.25, -0.2) is 0 Å². The lowest BCUT2D eigenvalue weighted by molar-refractivity contribution is -0.147. The Labute approximate surface area is 172 Å². The zero-order valence-electron chi connectivity index (χ0n) is 16.3. The molecule has 0 saturated carbocycles. The third-order valence-electron chi connectivity index (χ3n) is 4.56. The third kappa shape index (κ3) is 5.08. The molecule has 2 heterocycles. The van der Waals surface area contributed by atoms with Crippen molar-refractivity contribution in [2.45, 2.75) is 39.2 Å². The lowest BCUT2D eigenvalue weighted by Gasteiger charge is -2.27. The van der Waals surface area contributed by atoms with E-state index in [0.717, 1.165) is 4.88 Å². The minimum atomic E-state index is -0.607. The quantitative estimate of drug-likeness (QED) is 0.578. The first kappa shape index (κ1) is 20.7. The van der Waals surface area contributed by atoms with Gasteiger partial charge in [0.2, 0.25) is 5.91 Å². The van der Waals surface area contributed by atoms with E-state index < -0.39 is 18.5 Å². The Hall–Kier alpha value is -3.00. The van der Waals surface area contributed by atoms with E-state index in [1.165, 1.54) is 16.2 Å². The van der Waals surface area contributed by atoms with Crippen LogP contribution in [0.4, 0.5) is 11.4 Å². The zero-order valence-corrected chi connectivity index (χ0v) is 17.1. The number of esters is 1. The Bertz CT molecular complexity index is 952. The highest BCUT2D eigenvalue weighted by Gasteiger charge is 2.30. The second-order valence-electron chi connectivity index (χ2n) is 6.88. The number of ether oxygens (including phenoxy) is 1. The lowest BCUT2D eigenvalue weighted by atomic mass is 10.1. The molecule has 0 aliphatic carbocycles. The molecule has 1 aliphatic heterocycles. The fourth-order valence-corrected chi connectivity index (χ4v) is 4.01. The van der Waals surface area contributed by atoms with Crippen molar-refractivity contribution in [3.8, 4) is 0 Å². The van der Waals surface area contributed by atoms with Gasteiger partial charge in [-0.3, -0.25) is 19.2 Å². The third-order valence-corrected chi connectivity index (χ3v) is 5.60. The van der Waals surface area contributed by atoms with Gasteiger partial charge in [0.25, 0.3) is 5.91 Å². The minimum absolute atomic E-state index is 0.0361. The number of ketones is 1. The first-order valence-electron chi connectivity index (χ1n) is 9.31. The van der Waals surface area contributed by atoms with Gasteiger partial charge in [-0.05, 0) is 38.1 Å². The van der Waals surface area contributed by atoms with E-state index in [4.69, 9.17) is 4.74 Å². The summed E-state index contributed by atoms with van der Waals surface area (Å²) in [5, 5.41) is 2.78. The smallest absolute Gasteiger partial charge is 0.306 e. The summed E-state index contributed by atoms with van der Waals surface area (Å²) in [6.07, 6.45) is 0.0900. The summed E-state index contributed by atoms with van der Waals surface area (Å²) >= 11 is 1.38. The molecule has 2 aromatic rings. The molecular weight excluding hydrogens is 392 g/mol. The number of carbonyl (C=O) groups excluding carboxylic acids is 4. The Kier molecular flexibility index (Phi) is 6.43. The highest BCUT2D eigenvalue weighted by atomic mass is 32.1. The summed E-state index contributed by atoms with van der Waals surface area (Å²) < 4.78 is 5.10. The second-order valence-corrected chi connectivity index (χ2v) is 8.16. The van der Waals surface area contributed by atoms with Crippen molar-refractivity contribution in [3.63, 3.8) is 0 Å². The topological polar surface area (TPSA) is 92.8 Å². The van der Waals surface area contributed by atoms with E-state index in [1.807, 2.05) is 13.0 Å². The van der Waals surface area contributed by atoms with E-state index in [-0.39, 0.29) is 37.0 Å². The average Bonchev–Trinajstić information content (AvgIpc) is 3.06. The van der Waals surface area contributed by atoms with Gasteiger partial charge in [0, 0.05) is 23.8 Å². The lowest BCUT2D eigenvalue weighted by Crippen LogP contribution is -2.41. The fraction of sp³-hybridized carbons (Fsp3) is 0.333. The van der Waals surface area contributed by atoms with E-state index in [0.29, 0.717) is 16.3 Å². The van der Waals surface area contributed by atoms with E-state index in [9.17, 15) is 19.2 Å². The molecule has 7 nitrogen and oxygen atoms in total. The molecule has 8 heteroatoms. The van der Waals surface area contributed by atoms with Crippen molar-refractivity contribution in [2.75, 3.05) is 16.8 Å². The van der Waals surface area contributed by atoms with Gasteiger partial charge in [-0.2, -0.15) is 0 Å². The maximum atomic E-state index is 12.7. The number of nitrogens with one attached hydrogen (secondary N) is 1. The molecule has 0 unspecified atom stereocenters. The molecule has 2 amide bonds. The first-order valence-corrected chi connectivity index (χ1v) is 10.1. The Morgan fingerprint density at radius 2 is 1.93 bits per heavy atom. The van der Waals surface area contributed by atoms with Crippen LogP contribution in [0.1, 0.15) is 40.7 Å². The number of aryl methyl sites for hydroxylation is 1. The number of amides is 2. The molecule has 1 aliphatic rings. The molecular formula is C21H22N2O5S. The van der Waals surface area contributed by atoms with Crippen molar-refractivity contribution in [1.82, 2.24) is 0 Å². The van der Waals surface area contributed by atoms with Crippen LogP contribution in [-0.2, 0) is 19.1 Å². The molecule has 0 bridgehead atoms. The monoisotopic (exact) mass is 414 g/mol. The van der Waals surface area contributed by atoms with Crippen LogP contribution in [0.2, 0.25) is 0 Å². The van der Waals surface area contributed by atoms with Crippen molar-refractivity contribution in [2.24, 2.45) is 0 Å². The number of Topliss-reactive ketones (excluding diaryl/α,β-unsaturated/α-hetero) is 1. The van der Waals surface area contributed by atoms with Gasteiger partial charge >= 0.3 is 5.97 Å². The molecule has 1 atom stereocenters. The fourth-order valence-electron chi connectivity index (χ4n) is 3.17. The number of hydrogen-bond acceptors (Lipinski definition) is 6. The molecule has 1 N–H and O–H groups in total. The predicted molar refractivity (Wildman–Crippen MR) is 110 cm³/mol. The standard InChI is InChI=1S/C21H22N2O5S/c1-13-11-19(25)22-15-5-3-4-6-16(15)23(13)20(26)12-28-21(27)10-8-17(24)18-9-7-14(2)29-18/h3-7,9,13H,8,10-12H2,1-2H3,(H,22,25)/t13-/m1/s1. The number of benzene rings is 1. The number of rotatable bonds is 6. The molecule has 0 fully saturated rings. The molecule has 152 valence electrons. The SMILES string of the molecule is Cc1ccc(C(=O)CCC(=O)OCC(=O)N2c3ccccc3NC(=O)C[C@H]2C)s1. The molecule has 0 radical (unpaired) electrons. The van der Waals surface area contributed by atoms with E-state index in [2.05, 4.69) is 5.32 Å². The second kappa shape index (κ2) is 9.00. The van der Waals surface area contributed by atoms with Crippen LogP contribution in [0.15, 0.2) is 36.4 Å². The number of hydrogen-bond donors (Lipinski definition) is 1. The van der Waals surface area contributed by atoms with Crippen LogP contribution in [0.25, 0.3) is 0 Å². The van der Waals surface area contributed by atoms with Gasteiger partial charge in [0.1, 0.15) is 0 Å². The molecule has 0 spiro atoms. The molecule has 29 heavy (non-hydrogen) atoms. The molecule has 1 aromatic heterocycles. The van der Waals surface area contributed by atoms with E-state index in [1.54, 1.807) is 37.3 Å². The Morgan fingerprint density at radius 1 is 1.17 bits per heavy atom. The van der Waals surface area contributed by atoms with Gasteiger partial charge in [-0.15, -0.1) is 11.3 Å². The van der Waals surface area contributed by atoms with Crippen LogP contribution < -0.4 is 10.2 Å². The summed E-state index contributed by atoms with van der Waals surface area (Å²) in [6.45, 7) is 3.23. The number of para-hydroxylation sites is 2. The van der Waals surface area contributed by atoms with Crippen molar-refractivity contribution in [1.29, 1.82) is 0 Å². The Balaban J connectivity index is 1.57. The van der Waals surface area contributed by atoms with E-state index >= 15 is 0 Å². The summed E-state index contributed by atoms with van der Waals surface area (Å²) in [4.78, 5) is 51.9. The van der Waals surface area contributed by atoms with Crippen LogP contribution in [-0.4, -0.2) is 36.2 Å². The van der Waals surface area contributed by atoms with Gasteiger partial charge in [0.15, 0.2) is 12.4 Å². The maximum absolute atomic E-state index is 12.7. The molecule has 1 aromatic carbocycles. The number of fused-ring (bicyclic) bond motifs is 1. The Morgan fingerprint density at radius 3 is 2.66 bits per heavy atom. The molecule has 0 saturated heterocycles. The summed E-state index contributed by atoms with van der Waals surface area (Å²) in [5.74, 6) is -1.33. The normalized spacial score (nSPS) is 15.9. The average molecular weight is 414 g/mol. The van der Waals surface area contributed by atoms with Crippen LogP contribution >= 0.6 is 11.3 Å². The summed E-state index contributed by atoms with van der Waals surface area (Å²) in [5.41, 5.74) is 1.11. The predicted octanol–water partition coefficient (Wildman–Crippen LogP) is 3.33. The van der Waals surface area contributed by atoms with Gasteiger partial charge in [-0.1, -0.05) is 12.1 Å². The number of thiophene rings is 1. The largest absolute Gasteiger partial charge is 0.456 e. The highest BCUT2D eigenvalue weighted by molar-refractivity contribution is 7.14. The first-order chi connectivity index (χ1) is 13.8. The van der Waals surface area contributed by atoms with Crippen molar-refractivity contribution in [3.05, 3.63) is 46.2 Å².